The quantitative estimate of drug-likeness (QED) is 0.0247. The number of methoxy groups -OCH3 is 3. The van der Waals surface area contributed by atoms with Crippen LogP contribution in [-0.4, -0.2) is 133 Å². The van der Waals surface area contributed by atoms with Crippen molar-refractivity contribution in [2.45, 2.75) is 151 Å². The summed E-state index contributed by atoms with van der Waals surface area (Å²) in [6.07, 6.45) is 6.63. The van der Waals surface area contributed by atoms with Crippen molar-refractivity contribution >= 4 is 20.2 Å². The van der Waals surface area contributed by atoms with Gasteiger partial charge in [0.05, 0.1) is 49.6 Å². The Morgan fingerprint density at radius 1 is 0.588 bits per heavy atom. The minimum atomic E-state index is -4.24. The topological polar surface area (TPSA) is 170 Å². The zero-order valence-corrected chi connectivity index (χ0v) is 42.5. The first-order valence-electron chi connectivity index (χ1n) is 24.0. The van der Waals surface area contributed by atoms with Gasteiger partial charge in [-0.3, -0.25) is 8.37 Å². The number of hydrogen-bond donors (Lipinski definition) is 0. The zero-order valence-electron chi connectivity index (χ0n) is 40.8. The number of unbranched alkanes of at least 4 members (excludes halogenated alkanes) is 7. The predicted molar refractivity (Wildman–Crippen MR) is 258 cm³/mol. The Morgan fingerprint density at radius 2 is 1.07 bits per heavy atom. The Balaban J connectivity index is 1.44. The third-order valence-electron chi connectivity index (χ3n) is 12.5. The second-order valence-electron chi connectivity index (χ2n) is 17.7. The molecule has 2 saturated heterocycles. The molecule has 0 spiro atoms. The van der Waals surface area contributed by atoms with Gasteiger partial charge in [-0.05, 0) is 48.8 Å². The summed E-state index contributed by atoms with van der Waals surface area (Å²) >= 11 is 0. The van der Waals surface area contributed by atoms with Gasteiger partial charge in [0, 0.05) is 21.3 Å². The third kappa shape index (κ3) is 17.2. The molecule has 0 radical (unpaired) electrons. The normalized spacial score (nSPS) is 23.4. The van der Waals surface area contributed by atoms with Crippen LogP contribution in [0.2, 0.25) is 0 Å². The van der Waals surface area contributed by atoms with E-state index in [1.807, 2.05) is 91.0 Å². The second kappa shape index (κ2) is 28.8. The van der Waals surface area contributed by atoms with E-state index in [2.05, 4.69) is 6.92 Å². The standard InChI is InChI=1S/C51H76O15S2/c1-7-8-9-10-11-12-13-23-30-44-42(59-36-56-2)31-33-45(63-44)43(60-37-57-3)32-34-46(61-38-58-4)48-50(66-68(6,54)55)49(65-67(5,52)53)47(64-48)35-62-51(39-24-17-14-18-25-39,40-26-19-15-20-27-40)41-28-21-16-22-29-41/h14-22,24-29,42-50H,7-13,23,30-38H2,1-6H3/t42-,43+,44+,45+,46+,47-,48-,49-,50-/m1/s1. The highest BCUT2D eigenvalue weighted by Crippen LogP contribution is 2.42. The lowest BCUT2D eigenvalue weighted by atomic mass is 9.80. The van der Waals surface area contributed by atoms with Crippen LogP contribution in [0.1, 0.15) is 107 Å². The lowest BCUT2D eigenvalue weighted by molar-refractivity contribution is -0.211. The van der Waals surface area contributed by atoms with Gasteiger partial charge in [-0.2, -0.15) is 16.8 Å². The summed E-state index contributed by atoms with van der Waals surface area (Å²) in [6.45, 7) is 1.92. The average Bonchev–Trinajstić information content (AvgIpc) is 3.64. The molecular formula is C51H76O15S2. The maximum atomic E-state index is 13.1. The van der Waals surface area contributed by atoms with Gasteiger partial charge in [0.25, 0.3) is 20.2 Å². The molecule has 2 aliphatic rings. The monoisotopic (exact) mass is 992 g/mol. The van der Waals surface area contributed by atoms with E-state index in [-0.39, 0.29) is 51.7 Å². The highest BCUT2D eigenvalue weighted by molar-refractivity contribution is 7.86. The molecule has 2 heterocycles. The minimum absolute atomic E-state index is 0.00412. The maximum Gasteiger partial charge on any atom is 0.264 e. The van der Waals surface area contributed by atoms with E-state index in [1.165, 1.54) is 45.6 Å². The fourth-order valence-electron chi connectivity index (χ4n) is 9.40. The first-order valence-corrected chi connectivity index (χ1v) is 27.7. The highest BCUT2D eigenvalue weighted by atomic mass is 32.2. The lowest BCUT2D eigenvalue weighted by Crippen LogP contribution is -2.47. The number of benzene rings is 3. The summed E-state index contributed by atoms with van der Waals surface area (Å²) < 4.78 is 119. The molecule has 0 aliphatic carbocycles. The molecule has 3 aromatic rings. The first kappa shape index (κ1) is 56.0. The van der Waals surface area contributed by atoms with E-state index in [9.17, 15) is 16.8 Å². The van der Waals surface area contributed by atoms with Gasteiger partial charge in [-0.15, -0.1) is 0 Å². The average molecular weight is 993 g/mol. The molecule has 17 heteroatoms. The van der Waals surface area contributed by atoms with Gasteiger partial charge < -0.3 is 42.6 Å². The van der Waals surface area contributed by atoms with Gasteiger partial charge >= 0.3 is 0 Å². The third-order valence-corrected chi connectivity index (χ3v) is 13.6. The number of ether oxygens (including phenoxy) is 9. The van der Waals surface area contributed by atoms with Crippen LogP contribution in [0.15, 0.2) is 91.0 Å². The van der Waals surface area contributed by atoms with Crippen LogP contribution >= 0.6 is 0 Å². The fraction of sp³-hybridized carbons (Fsp3) is 0.647. The summed E-state index contributed by atoms with van der Waals surface area (Å²) in [5.41, 5.74) is 1.15. The van der Waals surface area contributed by atoms with Crippen molar-refractivity contribution in [2.75, 3.05) is 60.8 Å². The van der Waals surface area contributed by atoms with Crippen molar-refractivity contribution in [3.63, 3.8) is 0 Å². The van der Waals surface area contributed by atoms with Crippen molar-refractivity contribution in [2.24, 2.45) is 0 Å². The van der Waals surface area contributed by atoms with Gasteiger partial charge in [0.1, 0.15) is 50.4 Å². The molecule has 0 unspecified atom stereocenters. The van der Waals surface area contributed by atoms with E-state index in [0.29, 0.717) is 12.8 Å². The Hall–Kier alpha value is -2.88. The van der Waals surface area contributed by atoms with Crippen LogP contribution in [0.4, 0.5) is 0 Å². The molecule has 15 nitrogen and oxygen atoms in total. The van der Waals surface area contributed by atoms with Gasteiger partial charge in [0.2, 0.25) is 0 Å². The van der Waals surface area contributed by atoms with Crippen LogP contribution in [0.3, 0.4) is 0 Å². The molecule has 382 valence electrons. The van der Waals surface area contributed by atoms with Crippen molar-refractivity contribution in [3.05, 3.63) is 108 Å². The zero-order chi connectivity index (χ0) is 48.8. The molecule has 5 rings (SSSR count). The van der Waals surface area contributed by atoms with Gasteiger partial charge in [-0.1, -0.05) is 149 Å². The van der Waals surface area contributed by atoms with E-state index >= 15 is 0 Å². The number of rotatable bonds is 33. The van der Waals surface area contributed by atoms with Crippen molar-refractivity contribution < 1.29 is 67.8 Å². The fourth-order valence-corrected chi connectivity index (χ4v) is 10.7. The molecule has 0 saturated carbocycles. The summed E-state index contributed by atoms with van der Waals surface area (Å²) in [5, 5.41) is 0. The highest BCUT2D eigenvalue weighted by Gasteiger charge is 2.54. The van der Waals surface area contributed by atoms with Crippen molar-refractivity contribution in [1.29, 1.82) is 0 Å². The molecule has 9 atom stereocenters. The summed E-state index contributed by atoms with van der Waals surface area (Å²) in [7, 11) is -3.85. The molecule has 2 aliphatic heterocycles. The first-order chi connectivity index (χ1) is 32.8. The van der Waals surface area contributed by atoms with E-state index in [1.54, 1.807) is 14.2 Å². The van der Waals surface area contributed by atoms with E-state index < -0.39 is 62.5 Å². The van der Waals surface area contributed by atoms with Crippen LogP contribution in [0.25, 0.3) is 0 Å². The molecular weight excluding hydrogens is 917 g/mol. The van der Waals surface area contributed by atoms with Crippen LogP contribution in [0, 0.1) is 0 Å². The number of hydrogen-bond acceptors (Lipinski definition) is 15. The lowest BCUT2D eigenvalue weighted by Gasteiger charge is -2.40. The van der Waals surface area contributed by atoms with Crippen molar-refractivity contribution in [1.82, 2.24) is 0 Å². The van der Waals surface area contributed by atoms with Crippen LogP contribution < -0.4 is 0 Å². The molecule has 68 heavy (non-hydrogen) atoms. The Labute approximate surface area is 405 Å². The molecule has 0 N–H and O–H groups in total. The van der Waals surface area contributed by atoms with Crippen molar-refractivity contribution in [3.8, 4) is 0 Å². The molecule has 0 bridgehead atoms. The Kier molecular flexibility index (Phi) is 23.8. The molecule has 0 amide bonds. The minimum Gasteiger partial charge on any atom is -0.370 e. The Morgan fingerprint density at radius 3 is 1.59 bits per heavy atom. The summed E-state index contributed by atoms with van der Waals surface area (Å²) in [4.78, 5) is 0. The molecule has 0 aromatic heterocycles. The van der Waals surface area contributed by atoms with Gasteiger partial charge in [-0.25, -0.2) is 0 Å². The van der Waals surface area contributed by atoms with Crippen LogP contribution in [0.5, 0.6) is 0 Å². The largest absolute Gasteiger partial charge is 0.370 e. The Bertz CT molecular complexity index is 1950. The van der Waals surface area contributed by atoms with Gasteiger partial charge in [0.15, 0.2) is 0 Å². The van der Waals surface area contributed by atoms with Crippen LogP contribution in [-0.2, 0) is 76.8 Å². The second-order valence-corrected chi connectivity index (χ2v) is 20.9. The predicted octanol–water partition coefficient (Wildman–Crippen LogP) is 8.28. The van der Waals surface area contributed by atoms with E-state index in [4.69, 9.17) is 51.0 Å². The SMILES string of the molecule is CCCCCCCCCC[C@@H]1O[C@H]([C@H](CC[C@H](OCOC)[C@H]2O[C@H](COC(c3ccccc3)(c3ccccc3)c3ccccc3)[C@@H](OS(C)(=O)=O)[C@@H]2OS(C)(=O)=O)OCOC)CC[C@H]1OCOC. The maximum absolute atomic E-state index is 13.1. The molecule has 3 aromatic carbocycles. The molecule has 2 fully saturated rings. The summed E-state index contributed by atoms with van der Waals surface area (Å²) in [6, 6.07) is 28.9. The van der Waals surface area contributed by atoms with E-state index in [0.717, 1.165) is 54.9 Å². The summed E-state index contributed by atoms with van der Waals surface area (Å²) in [5.74, 6) is 0. The smallest absolute Gasteiger partial charge is 0.264 e.